The Bertz CT molecular complexity index is 1050. The summed E-state index contributed by atoms with van der Waals surface area (Å²) in [6, 6.07) is 6.98. The van der Waals surface area contributed by atoms with Crippen molar-refractivity contribution in [2.24, 2.45) is 0 Å². The molecule has 0 aliphatic carbocycles. The molecule has 0 aliphatic heterocycles. The number of halogens is 5. The highest BCUT2D eigenvalue weighted by molar-refractivity contribution is 6.04. The molecule has 10 heteroatoms. The zero-order valence-electron chi connectivity index (χ0n) is 15.0. The molecular formula is C18H15F5N4O. The lowest BCUT2D eigenvalue weighted by atomic mass is 10.1. The second-order valence-corrected chi connectivity index (χ2v) is 6.38. The number of nitrogens with zero attached hydrogens (tertiary/aromatic N) is 3. The van der Waals surface area contributed by atoms with Crippen LogP contribution in [0.3, 0.4) is 0 Å². The van der Waals surface area contributed by atoms with E-state index in [4.69, 9.17) is 0 Å². The number of aromatic nitrogens is 3. The van der Waals surface area contributed by atoms with Crippen LogP contribution in [0, 0.1) is 20.8 Å². The SMILES string of the molecule is Cc1cc(C(F)(F)C(F)(F)F)n2nc(C(=O)Nc3c(C)cccc3C)cc2n1. The van der Waals surface area contributed by atoms with Gasteiger partial charge in [0.05, 0.1) is 0 Å². The summed E-state index contributed by atoms with van der Waals surface area (Å²) in [6.07, 6.45) is -5.82. The molecule has 0 saturated heterocycles. The maximum absolute atomic E-state index is 13.9. The Hall–Kier alpha value is -3.04. The Morgan fingerprint density at radius 1 is 1.04 bits per heavy atom. The molecule has 0 spiro atoms. The number of aryl methyl sites for hydroxylation is 3. The number of anilines is 1. The molecule has 0 bridgehead atoms. The third kappa shape index (κ3) is 3.30. The number of carbonyl (C=O) groups excluding carboxylic acids is 1. The van der Waals surface area contributed by atoms with Gasteiger partial charge in [0.2, 0.25) is 0 Å². The van der Waals surface area contributed by atoms with E-state index in [9.17, 15) is 26.7 Å². The second-order valence-electron chi connectivity index (χ2n) is 6.38. The van der Waals surface area contributed by atoms with Gasteiger partial charge in [-0.05, 0) is 38.0 Å². The molecule has 148 valence electrons. The molecule has 2 heterocycles. The lowest BCUT2D eigenvalue weighted by molar-refractivity contribution is -0.291. The molecular weight excluding hydrogens is 383 g/mol. The number of carbonyl (C=O) groups is 1. The van der Waals surface area contributed by atoms with E-state index in [1.165, 1.54) is 6.92 Å². The quantitative estimate of drug-likeness (QED) is 0.658. The summed E-state index contributed by atoms with van der Waals surface area (Å²) in [4.78, 5) is 16.4. The van der Waals surface area contributed by atoms with Gasteiger partial charge in [-0.1, -0.05) is 18.2 Å². The third-order valence-corrected chi connectivity index (χ3v) is 4.19. The van der Waals surface area contributed by atoms with E-state index >= 15 is 0 Å². The van der Waals surface area contributed by atoms with Gasteiger partial charge in [-0.25, -0.2) is 9.50 Å². The first-order valence-electron chi connectivity index (χ1n) is 8.12. The summed E-state index contributed by atoms with van der Waals surface area (Å²) in [5, 5.41) is 6.26. The van der Waals surface area contributed by atoms with Gasteiger partial charge in [0.1, 0.15) is 5.69 Å². The molecule has 5 nitrogen and oxygen atoms in total. The van der Waals surface area contributed by atoms with E-state index in [0.29, 0.717) is 16.3 Å². The highest BCUT2D eigenvalue weighted by atomic mass is 19.4. The minimum Gasteiger partial charge on any atom is -0.320 e. The third-order valence-electron chi connectivity index (χ3n) is 4.19. The average molecular weight is 398 g/mol. The molecule has 28 heavy (non-hydrogen) atoms. The molecule has 0 fully saturated rings. The molecule has 1 amide bonds. The van der Waals surface area contributed by atoms with Crippen LogP contribution in [0.15, 0.2) is 30.3 Å². The van der Waals surface area contributed by atoms with Gasteiger partial charge in [0.25, 0.3) is 5.91 Å². The molecule has 3 rings (SSSR count). The summed E-state index contributed by atoms with van der Waals surface area (Å²) in [7, 11) is 0. The first kappa shape index (κ1) is 19.7. The molecule has 0 unspecified atom stereocenters. The lowest BCUT2D eigenvalue weighted by Gasteiger charge is -2.20. The summed E-state index contributed by atoms with van der Waals surface area (Å²) >= 11 is 0. The van der Waals surface area contributed by atoms with Gasteiger partial charge in [0, 0.05) is 17.4 Å². The van der Waals surface area contributed by atoms with Crippen LogP contribution in [0.4, 0.5) is 27.6 Å². The monoisotopic (exact) mass is 398 g/mol. The van der Waals surface area contributed by atoms with Crippen molar-refractivity contribution in [1.29, 1.82) is 0 Å². The zero-order chi connectivity index (χ0) is 20.9. The van der Waals surface area contributed by atoms with E-state index in [1.54, 1.807) is 32.0 Å². The molecule has 0 aliphatic rings. The predicted octanol–water partition coefficient (Wildman–Crippen LogP) is 4.56. The topological polar surface area (TPSA) is 59.3 Å². The van der Waals surface area contributed by atoms with Crippen molar-refractivity contribution < 1.29 is 26.7 Å². The summed E-state index contributed by atoms with van der Waals surface area (Å²) in [5.41, 5.74) is -0.0625. The Morgan fingerprint density at radius 2 is 1.64 bits per heavy atom. The van der Waals surface area contributed by atoms with Crippen LogP contribution in [0.5, 0.6) is 0 Å². The maximum Gasteiger partial charge on any atom is 0.459 e. The smallest absolute Gasteiger partial charge is 0.320 e. The number of hydrogen-bond donors (Lipinski definition) is 1. The van der Waals surface area contributed by atoms with Crippen LogP contribution in [-0.2, 0) is 5.92 Å². The summed E-state index contributed by atoms with van der Waals surface area (Å²) in [6.45, 7) is 4.80. The number of amides is 1. The van der Waals surface area contributed by atoms with E-state index in [2.05, 4.69) is 15.4 Å². The first-order chi connectivity index (χ1) is 12.9. The van der Waals surface area contributed by atoms with Gasteiger partial charge in [-0.15, -0.1) is 0 Å². The number of rotatable bonds is 3. The number of nitrogens with one attached hydrogen (secondary N) is 1. The van der Waals surface area contributed by atoms with Gasteiger partial charge in [0.15, 0.2) is 11.3 Å². The van der Waals surface area contributed by atoms with Gasteiger partial charge in [-0.3, -0.25) is 4.79 Å². The van der Waals surface area contributed by atoms with Crippen molar-refractivity contribution in [2.45, 2.75) is 32.9 Å². The minimum absolute atomic E-state index is 0.0620. The van der Waals surface area contributed by atoms with E-state index in [1.807, 2.05) is 0 Å². The van der Waals surface area contributed by atoms with E-state index in [-0.39, 0.29) is 17.0 Å². The van der Waals surface area contributed by atoms with Crippen LogP contribution in [0.2, 0.25) is 0 Å². The Labute approximate surface area is 156 Å². The fourth-order valence-electron chi connectivity index (χ4n) is 2.77. The van der Waals surface area contributed by atoms with Crippen LogP contribution >= 0.6 is 0 Å². The normalized spacial score (nSPS) is 12.4. The molecule has 0 saturated carbocycles. The van der Waals surface area contributed by atoms with Crippen molar-refractivity contribution in [3.8, 4) is 0 Å². The number of alkyl halides is 5. The average Bonchev–Trinajstić information content (AvgIpc) is 3.00. The number of fused-ring (bicyclic) bond motifs is 1. The second kappa shape index (κ2) is 6.54. The van der Waals surface area contributed by atoms with Crippen molar-refractivity contribution >= 4 is 17.2 Å². The first-order valence-corrected chi connectivity index (χ1v) is 8.12. The summed E-state index contributed by atoms with van der Waals surface area (Å²) < 4.78 is 66.7. The highest BCUT2D eigenvalue weighted by Crippen LogP contribution is 2.43. The van der Waals surface area contributed by atoms with Crippen molar-refractivity contribution in [2.75, 3.05) is 5.32 Å². The fraction of sp³-hybridized carbons (Fsp3) is 0.278. The molecule has 0 radical (unpaired) electrons. The zero-order valence-corrected chi connectivity index (χ0v) is 15.0. The highest BCUT2D eigenvalue weighted by Gasteiger charge is 2.60. The standard InChI is InChI=1S/C18H15F5N4O/c1-9-5-4-6-10(2)15(9)25-16(28)12-8-14-24-11(3)7-13(27(14)26-12)17(19,20)18(21,22)23/h4-8H,1-3H3,(H,25,28). The molecule has 3 aromatic rings. The van der Waals surface area contributed by atoms with E-state index in [0.717, 1.165) is 17.2 Å². The van der Waals surface area contributed by atoms with Crippen molar-refractivity contribution in [3.63, 3.8) is 0 Å². The van der Waals surface area contributed by atoms with Gasteiger partial charge in [-0.2, -0.15) is 27.1 Å². The molecule has 2 aromatic heterocycles. The van der Waals surface area contributed by atoms with Crippen LogP contribution in [0.1, 0.15) is 33.0 Å². The number of para-hydroxylation sites is 1. The van der Waals surface area contributed by atoms with Gasteiger partial charge < -0.3 is 5.32 Å². The van der Waals surface area contributed by atoms with Crippen molar-refractivity contribution in [1.82, 2.24) is 14.6 Å². The van der Waals surface area contributed by atoms with Gasteiger partial charge >= 0.3 is 12.1 Å². The van der Waals surface area contributed by atoms with Crippen molar-refractivity contribution in [3.05, 3.63) is 58.5 Å². The number of hydrogen-bond acceptors (Lipinski definition) is 3. The molecule has 0 atom stereocenters. The maximum atomic E-state index is 13.9. The Kier molecular flexibility index (Phi) is 4.60. The molecule has 1 aromatic carbocycles. The Morgan fingerprint density at radius 3 is 2.21 bits per heavy atom. The lowest BCUT2D eigenvalue weighted by Crippen LogP contribution is -2.36. The minimum atomic E-state index is -5.82. The predicted molar refractivity (Wildman–Crippen MR) is 91.5 cm³/mol. The van der Waals surface area contributed by atoms with Crippen LogP contribution in [0.25, 0.3) is 5.65 Å². The van der Waals surface area contributed by atoms with Crippen LogP contribution in [-0.4, -0.2) is 26.7 Å². The largest absolute Gasteiger partial charge is 0.459 e. The van der Waals surface area contributed by atoms with E-state index < -0.39 is 23.7 Å². The number of benzene rings is 1. The Balaban J connectivity index is 2.08. The fourth-order valence-corrected chi connectivity index (χ4v) is 2.77. The molecule has 1 N–H and O–H groups in total. The summed E-state index contributed by atoms with van der Waals surface area (Å²) in [5.74, 6) is -5.91. The van der Waals surface area contributed by atoms with Crippen LogP contribution < -0.4 is 5.32 Å².